The van der Waals surface area contributed by atoms with Gasteiger partial charge in [0.2, 0.25) is 0 Å². The van der Waals surface area contributed by atoms with Crippen molar-refractivity contribution < 1.29 is 0 Å². The largest absolute Gasteiger partial charge is 0.307 e. The van der Waals surface area contributed by atoms with Crippen LogP contribution in [0.3, 0.4) is 0 Å². The predicted octanol–water partition coefficient (Wildman–Crippen LogP) is 2.05. The Morgan fingerprint density at radius 3 is 2.50 bits per heavy atom. The molecule has 0 saturated carbocycles. The molecule has 2 rings (SSSR count). The van der Waals surface area contributed by atoms with E-state index in [0.717, 1.165) is 11.3 Å². The summed E-state index contributed by atoms with van der Waals surface area (Å²) in [6.07, 6.45) is 0. The van der Waals surface area contributed by atoms with Crippen LogP contribution < -0.4 is 11.3 Å². The lowest BCUT2D eigenvalue weighted by atomic mass is 10.0. The van der Waals surface area contributed by atoms with Crippen LogP contribution in [0, 0.1) is 13.8 Å². The summed E-state index contributed by atoms with van der Waals surface area (Å²) in [6, 6.07) is 9.99. The molecule has 4 nitrogen and oxygen atoms in total. The summed E-state index contributed by atoms with van der Waals surface area (Å²) >= 11 is 0. The van der Waals surface area contributed by atoms with Gasteiger partial charge in [0.1, 0.15) is 0 Å². The lowest BCUT2D eigenvalue weighted by Crippen LogP contribution is -2.09. The van der Waals surface area contributed by atoms with Gasteiger partial charge in [0.15, 0.2) is 5.82 Å². The molecule has 2 aromatic rings. The predicted molar refractivity (Wildman–Crippen MR) is 64.8 cm³/mol. The Morgan fingerprint density at radius 1 is 1.06 bits per heavy atom. The summed E-state index contributed by atoms with van der Waals surface area (Å²) in [5, 5.41) is 8.09. The molecule has 1 aromatic heterocycles. The summed E-state index contributed by atoms with van der Waals surface area (Å²) in [5.41, 5.74) is 6.83. The average molecular weight is 214 g/mol. The number of hydrogen-bond acceptors (Lipinski definition) is 4. The zero-order chi connectivity index (χ0) is 11.5. The van der Waals surface area contributed by atoms with Gasteiger partial charge in [0.05, 0.1) is 5.69 Å². The van der Waals surface area contributed by atoms with E-state index < -0.39 is 0 Å². The van der Waals surface area contributed by atoms with E-state index in [4.69, 9.17) is 5.84 Å². The van der Waals surface area contributed by atoms with Crippen LogP contribution in [-0.4, -0.2) is 10.2 Å². The lowest BCUT2D eigenvalue weighted by molar-refractivity contribution is 1.02. The van der Waals surface area contributed by atoms with Gasteiger partial charge in [-0.1, -0.05) is 17.7 Å². The highest BCUT2D eigenvalue weighted by Gasteiger charge is 2.04. The van der Waals surface area contributed by atoms with Crippen LogP contribution in [0.2, 0.25) is 0 Å². The molecule has 0 amide bonds. The summed E-state index contributed by atoms with van der Waals surface area (Å²) in [6.45, 7) is 4.12. The van der Waals surface area contributed by atoms with Crippen molar-refractivity contribution in [2.45, 2.75) is 13.8 Å². The third-order valence-electron chi connectivity index (χ3n) is 2.48. The standard InChI is InChI=1S/C12H14N4/c1-8-3-4-9(2)10(7-8)11-5-6-12(14-13)16-15-11/h3-7H,13H2,1-2H3,(H,14,16). The van der Waals surface area contributed by atoms with Crippen molar-refractivity contribution in [1.82, 2.24) is 10.2 Å². The number of nitrogens with one attached hydrogen (secondary N) is 1. The Kier molecular flexibility index (Phi) is 2.83. The maximum atomic E-state index is 5.24. The van der Waals surface area contributed by atoms with E-state index in [1.165, 1.54) is 11.1 Å². The maximum Gasteiger partial charge on any atom is 0.162 e. The van der Waals surface area contributed by atoms with Gasteiger partial charge in [0.25, 0.3) is 0 Å². The van der Waals surface area contributed by atoms with E-state index in [1.54, 1.807) is 0 Å². The van der Waals surface area contributed by atoms with Gasteiger partial charge >= 0.3 is 0 Å². The van der Waals surface area contributed by atoms with Crippen molar-refractivity contribution in [3.63, 3.8) is 0 Å². The SMILES string of the molecule is Cc1ccc(C)c(-c2ccc(NN)nn2)c1. The number of rotatable bonds is 2. The first-order valence-electron chi connectivity index (χ1n) is 5.08. The van der Waals surface area contributed by atoms with E-state index in [9.17, 15) is 0 Å². The third-order valence-corrected chi connectivity index (χ3v) is 2.48. The number of benzene rings is 1. The molecule has 0 saturated heterocycles. The van der Waals surface area contributed by atoms with Gasteiger partial charge in [-0.05, 0) is 37.6 Å². The Balaban J connectivity index is 2.45. The summed E-state index contributed by atoms with van der Waals surface area (Å²) < 4.78 is 0. The Hall–Kier alpha value is -1.94. The number of hydrogen-bond donors (Lipinski definition) is 2. The second-order valence-corrected chi connectivity index (χ2v) is 3.77. The number of aromatic nitrogens is 2. The smallest absolute Gasteiger partial charge is 0.162 e. The molecule has 0 fully saturated rings. The van der Waals surface area contributed by atoms with Gasteiger partial charge in [-0.2, -0.15) is 0 Å². The van der Waals surface area contributed by atoms with E-state index >= 15 is 0 Å². The average Bonchev–Trinajstić information content (AvgIpc) is 2.32. The van der Waals surface area contributed by atoms with Crippen molar-refractivity contribution in [3.05, 3.63) is 41.5 Å². The molecular weight excluding hydrogens is 200 g/mol. The fraction of sp³-hybridized carbons (Fsp3) is 0.167. The van der Waals surface area contributed by atoms with Gasteiger partial charge in [-0.25, -0.2) is 5.84 Å². The van der Waals surface area contributed by atoms with E-state index in [-0.39, 0.29) is 0 Å². The normalized spacial score (nSPS) is 10.2. The summed E-state index contributed by atoms with van der Waals surface area (Å²) in [7, 11) is 0. The molecule has 4 heteroatoms. The van der Waals surface area contributed by atoms with Gasteiger partial charge in [0, 0.05) is 5.56 Å². The minimum Gasteiger partial charge on any atom is -0.307 e. The molecular formula is C12H14N4. The Bertz CT molecular complexity index is 491. The Labute approximate surface area is 94.5 Å². The molecule has 0 unspecified atom stereocenters. The monoisotopic (exact) mass is 214 g/mol. The van der Waals surface area contributed by atoms with Crippen molar-refractivity contribution in [2.75, 3.05) is 5.43 Å². The van der Waals surface area contributed by atoms with Crippen LogP contribution in [-0.2, 0) is 0 Å². The van der Waals surface area contributed by atoms with Crippen LogP contribution >= 0.6 is 0 Å². The lowest BCUT2D eigenvalue weighted by Gasteiger charge is -2.06. The zero-order valence-corrected chi connectivity index (χ0v) is 9.36. The molecule has 0 aliphatic heterocycles. The highest BCUT2D eigenvalue weighted by atomic mass is 15.3. The van der Waals surface area contributed by atoms with Gasteiger partial charge < -0.3 is 5.43 Å². The number of anilines is 1. The first-order chi connectivity index (χ1) is 7.70. The first kappa shape index (κ1) is 10.6. The molecule has 16 heavy (non-hydrogen) atoms. The van der Waals surface area contributed by atoms with E-state index in [0.29, 0.717) is 5.82 Å². The van der Waals surface area contributed by atoms with Crippen LogP contribution in [0.4, 0.5) is 5.82 Å². The number of aryl methyl sites for hydroxylation is 2. The topological polar surface area (TPSA) is 63.8 Å². The van der Waals surface area contributed by atoms with Crippen molar-refractivity contribution >= 4 is 5.82 Å². The van der Waals surface area contributed by atoms with Crippen molar-refractivity contribution in [2.24, 2.45) is 5.84 Å². The molecule has 1 heterocycles. The Morgan fingerprint density at radius 2 is 1.88 bits per heavy atom. The fourth-order valence-electron chi connectivity index (χ4n) is 1.56. The second kappa shape index (κ2) is 4.28. The summed E-state index contributed by atoms with van der Waals surface area (Å²) in [4.78, 5) is 0. The number of nitrogens with zero attached hydrogens (tertiary/aromatic N) is 2. The van der Waals surface area contributed by atoms with Gasteiger partial charge in [-0.15, -0.1) is 10.2 Å². The first-order valence-corrected chi connectivity index (χ1v) is 5.08. The molecule has 0 aliphatic carbocycles. The third kappa shape index (κ3) is 2.01. The van der Waals surface area contributed by atoms with Crippen LogP contribution in [0.25, 0.3) is 11.3 Å². The van der Waals surface area contributed by atoms with Crippen LogP contribution in [0.5, 0.6) is 0 Å². The number of hydrazine groups is 1. The van der Waals surface area contributed by atoms with E-state index in [1.807, 2.05) is 12.1 Å². The number of nitrogens with two attached hydrogens (primary N) is 1. The highest BCUT2D eigenvalue weighted by Crippen LogP contribution is 2.22. The van der Waals surface area contributed by atoms with Crippen LogP contribution in [0.1, 0.15) is 11.1 Å². The number of nitrogen functional groups attached to an aromatic ring is 1. The highest BCUT2D eigenvalue weighted by molar-refractivity contribution is 5.64. The zero-order valence-electron chi connectivity index (χ0n) is 9.36. The fourth-order valence-corrected chi connectivity index (χ4v) is 1.56. The molecule has 0 radical (unpaired) electrons. The minimum absolute atomic E-state index is 0.564. The second-order valence-electron chi connectivity index (χ2n) is 3.77. The molecule has 3 N–H and O–H groups in total. The van der Waals surface area contributed by atoms with E-state index in [2.05, 4.69) is 47.7 Å². The molecule has 0 aliphatic rings. The van der Waals surface area contributed by atoms with Crippen molar-refractivity contribution in [1.29, 1.82) is 0 Å². The van der Waals surface area contributed by atoms with Crippen molar-refractivity contribution in [3.8, 4) is 11.3 Å². The molecule has 1 aromatic carbocycles. The maximum absolute atomic E-state index is 5.24. The molecule has 0 atom stereocenters. The molecule has 0 spiro atoms. The quantitative estimate of drug-likeness (QED) is 0.593. The minimum atomic E-state index is 0.564. The van der Waals surface area contributed by atoms with Crippen LogP contribution in [0.15, 0.2) is 30.3 Å². The summed E-state index contributed by atoms with van der Waals surface area (Å²) in [5.74, 6) is 5.80. The molecule has 0 bridgehead atoms. The van der Waals surface area contributed by atoms with Gasteiger partial charge in [-0.3, -0.25) is 0 Å². The molecule has 82 valence electrons.